The maximum Gasteiger partial charge on any atom is 0.276 e. The highest BCUT2D eigenvalue weighted by Crippen LogP contribution is 2.28. The second-order valence-electron chi connectivity index (χ2n) is 9.82. The third-order valence-electron chi connectivity index (χ3n) is 7.16. The summed E-state index contributed by atoms with van der Waals surface area (Å²) in [5.41, 5.74) is 4.74. The largest absolute Gasteiger partial charge is 0.474 e. The Hall–Kier alpha value is -4.02. The van der Waals surface area contributed by atoms with Crippen LogP contribution >= 0.6 is 0 Å². The molecule has 10 nitrogen and oxygen atoms in total. The molecule has 2 aliphatic rings. The Labute approximate surface area is 221 Å². The standard InChI is InChI=1S/C28H31N7O3/c1-34-8-5-23(6-9-34)38-26-16-21(4-7-30-26)31-28(36)27-24-15-19(2-3-25(24)32-33-27)20-14-22(18-29-17-20)35-10-12-37-13-11-35/h2-4,7,14-18,23H,5-6,8-13H2,1H3,(H,32,33)(H,30,31,36). The fourth-order valence-corrected chi connectivity index (χ4v) is 4.96. The monoisotopic (exact) mass is 513 g/mol. The molecule has 0 bridgehead atoms. The molecule has 2 saturated heterocycles. The number of aromatic amines is 1. The summed E-state index contributed by atoms with van der Waals surface area (Å²) >= 11 is 0. The van der Waals surface area contributed by atoms with Gasteiger partial charge in [-0.15, -0.1) is 0 Å². The van der Waals surface area contributed by atoms with E-state index in [1.165, 1.54) is 0 Å². The molecule has 0 radical (unpaired) electrons. The molecule has 1 aromatic carbocycles. The number of carbonyl (C=O) groups is 1. The summed E-state index contributed by atoms with van der Waals surface area (Å²) < 4.78 is 11.6. The van der Waals surface area contributed by atoms with Crippen LogP contribution in [0.3, 0.4) is 0 Å². The Morgan fingerprint density at radius 2 is 1.89 bits per heavy atom. The molecule has 4 aromatic rings. The predicted octanol–water partition coefficient (Wildman–Crippen LogP) is 3.58. The van der Waals surface area contributed by atoms with Crippen LogP contribution in [0.2, 0.25) is 0 Å². The van der Waals surface area contributed by atoms with Crippen LogP contribution in [0.25, 0.3) is 22.0 Å². The molecule has 0 spiro atoms. The molecule has 0 aliphatic carbocycles. The highest BCUT2D eigenvalue weighted by Gasteiger charge is 2.20. The van der Waals surface area contributed by atoms with Gasteiger partial charge in [-0.3, -0.25) is 14.9 Å². The molecule has 2 fully saturated rings. The van der Waals surface area contributed by atoms with E-state index in [0.29, 0.717) is 30.5 Å². The Morgan fingerprint density at radius 3 is 2.74 bits per heavy atom. The minimum Gasteiger partial charge on any atom is -0.474 e. The molecule has 0 saturated carbocycles. The van der Waals surface area contributed by atoms with Gasteiger partial charge in [0.25, 0.3) is 5.91 Å². The molecule has 2 N–H and O–H groups in total. The number of amides is 1. The van der Waals surface area contributed by atoms with Crippen LogP contribution in [-0.4, -0.2) is 83.5 Å². The number of nitrogens with one attached hydrogen (secondary N) is 2. The van der Waals surface area contributed by atoms with Crippen LogP contribution in [0, 0.1) is 0 Å². The number of fused-ring (bicyclic) bond motifs is 1. The van der Waals surface area contributed by atoms with Gasteiger partial charge in [0.05, 0.1) is 30.6 Å². The molecule has 0 unspecified atom stereocenters. The number of likely N-dealkylation sites (tertiary alicyclic amines) is 1. The van der Waals surface area contributed by atoms with Crippen molar-refractivity contribution in [2.75, 3.05) is 56.7 Å². The first-order chi connectivity index (χ1) is 18.6. The average molecular weight is 514 g/mol. The van der Waals surface area contributed by atoms with E-state index in [0.717, 1.165) is 66.7 Å². The lowest BCUT2D eigenvalue weighted by Gasteiger charge is -2.28. The first-order valence-corrected chi connectivity index (χ1v) is 13.0. The number of anilines is 2. The molecule has 10 heteroatoms. The summed E-state index contributed by atoms with van der Waals surface area (Å²) in [7, 11) is 2.12. The molecule has 5 heterocycles. The number of pyridine rings is 2. The summed E-state index contributed by atoms with van der Waals surface area (Å²) in [4.78, 5) is 26.6. The number of morpholine rings is 1. The highest BCUT2D eigenvalue weighted by molar-refractivity contribution is 6.11. The van der Waals surface area contributed by atoms with Gasteiger partial charge in [-0.25, -0.2) is 4.98 Å². The minimum absolute atomic E-state index is 0.134. The smallest absolute Gasteiger partial charge is 0.276 e. The average Bonchev–Trinajstić information content (AvgIpc) is 3.39. The third kappa shape index (κ3) is 5.32. The van der Waals surface area contributed by atoms with Crippen LogP contribution in [0.5, 0.6) is 5.88 Å². The van der Waals surface area contributed by atoms with Gasteiger partial charge in [0.15, 0.2) is 5.69 Å². The summed E-state index contributed by atoms with van der Waals surface area (Å²) in [6, 6.07) is 11.6. The number of hydrogen-bond acceptors (Lipinski definition) is 8. The number of aromatic nitrogens is 4. The van der Waals surface area contributed by atoms with E-state index in [9.17, 15) is 4.79 Å². The van der Waals surface area contributed by atoms with Gasteiger partial charge in [0.1, 0.15) is 6.10 Å². The molecular formula is C28H31N7O3. The third-order valence-corrected chi connectivity index (χ3v) is 7.16. The molecule has 3 aromatic heterocycles. The molecule has 1 amide bonds. The zero-order valence-corrected chi connectivity index (χ0v) is 21.4. The number of ether oxygens (including phenoxy) is 2. The lowest BCUT2D eigenvalue weighted by molar-refractivity contribution is 0.102. The first kappa shape index (κ1) is 24.3. The van der Waals surface area contributed by atoms with E-state index >= 15 is 0 Å². The van der Waals surface area contributed by atoms with Gasteiger partial charge in [0.2, 0.25) is 5.88 Å². The van der Waals surface area contributed by atoms with Crippen molar-refractivity contribution in [3.63, 3.8) is 0 Å². The maximum atomic E-state index is 13.2. The van der Waals surface area contributed by atoms with Crippen molar-refractivity contribution in [2.45, 2.75) is 18.9 Å². The Balaban J connectivity index is 1.20. The van der Waals surface area contributed by atoms with Gasteiger partial charge in [0, 0.05) is 61.3 Å². The molecule has 0 atom stereocenters. The van der Waals surface area contributed by atoms with Crippen molar-refractivity contribution >= 4 is 28.2 Å². The van der Waals surface area contributed by atoms with E-state index in [-0.39, 0.29) is 12.0 Å². The predicted molar refractivity (Wildman–Crippen MR) is 146 cm³/mol. The van der Waals surface area contributed by atoms with Crippen molar-refractivity contribution in [2.24, 2.45) is 0 Å². The fraction of sp³-hybridized carbons (Fsp3) is 0.357. The highest BCUT2D eigenvalue weighted by atomic mass is 16.5. The zero-order valence-electron chi connectivity index (χ0n) is 21.4. The van der Waals surface area contributed by atoms with E-state index in [1.54, 1.807) is 18.3 Å². The topological polar surface area (TPSA) is 108 Å². The van der Waals surface area contributed by atoms with Gasteiger partial charge in [-0.05, 0) is 49.7 Å². The van der Waals surface area contributed by atoms with Crippen molar-refractivity contribution in [1.82, 2.24) is 25.1 Å². The number of rotatable bonds is 6. The summed E-state index contributed by atoms with van der Waals surface area (Å²) in [6.45, 7) is 5.12. The van der Waals surface area contributed by atoms with Crippen molar-refractivity contribution in [3.05, 3.63) is 60.7 Å². The Kier molecular flexibility index (Phi) is 6.89. The first-order valence-electron chi connectivity index (χ1n) is 13.0. The van der Waals surface area contributed by atoms with Gasteiger partial charge in [-0.2, -0.15) is 5.10 Å². The number of piperidine rings is 1. The normalized spacial score (nSPS) is 17.0. The number of hydrogen-bond donors (Lipinski definition) is 2. The zero-order chi connectivity index (χ0) is 25.9. The van der Waals surface area contributed by atoms with Gasteiger partial charge >= 0.3 is 0 Å². The molecule has 6 rings (SSSR count). The lowest BCUT2D eigenvalue weighted by atomic mass is 10.0. The van der Waals surface area contributed by atoms with Crippen LogP contribution in [0.1, 0.15) is 23.3 Å². The van der Waals surface area contributed by atoms with Crippen LogP contribution in [0.15, 0.2) is 55.0 Å². The number of benzene rings is 1. The SMILES string of the molecule is CN1CCC(Oc2cc(NC(=O)c3n[nH]c4ccc(-c5cncc(N6CCOCC6)c5)cc34)ccn2)CC1. The second kappa shape index (κ2) is 10.8. The Morgan fingerprint density at radius 1 is 1.05 bits per heavy atom. The van der Waals surface area contributed by atoms with Crippen molar-refractivity contribution < 1.29 is 14.3 Å². The Bertz CT molecular complexity index is 1430. The van der Waals surface area contributed by atoms with E-state index in [1.807, 2.05) is 30.6 Å². The quantitative estimate of drug-likeness (QED) is 0.403. The van der Waals surface area contributed by atoms with Crippen LogP contribution < -0.4 is 15.0 Å². The lowest BCUT2D eigenvalue weighted by Crippen LogP contribution is -2.36. The number of H-pyrrole nitrogens is 1. The molecule has 196 valence electrons. The van der Waals surface area contributed by atoms with Gasteiger partial charge < -0.3 is 24.6 Å². The summed E-state index contributed by atoms with van der Waals surface area (Å²) in [5.74, 6) is 0.212. The van der Waals surface area contributed by atoms with E-state index in [4.69, 9.17) is 9.47 Å². The number of carbonyl (C=O) groups excluding carboxylic acids is 1. The second-order valence-corrected chi connectivity index (χ2v) is 9.82. The summed E-state index contributed by atoms with van der Waals surface area (Å²) in [6.07, 6.45) is 7.42. The molecular weight excluding hydrogens is 482 g/mol. The minimum atomic E-state index is -0.301. The van der Waals surface area contributed by atoms with E-state index < -0.39 is 0 Å². The molecule has 38 heavy (non-hydrogen) atoms. The summed E-state index contributed by atoms with van der Waals surface area (Å²) in [5, 5.41) is 11.0. The van der Waals surface area contributed by atoms with E-state index in [2.05, 4.69) is 48.4 Å². The fourth-order valence-electron chi connectivity index (χ4n) is 4.96. The molecule has 2 aliphatic heterocycles. The van der Waals surface area contributed by atoms with Gasteiger partial charge in [-0.1, -0.05) is 6.07 Å². The van der Waals surface area contributed by atoms with Crippen LogP contribution in [-0.2, 0) is 4.74 Å². The van der Waals surface area contributed by atoms with Crippen molar-refractivity contribution in [1.29, 1.82) is 0 Å². The van der Waals surface area contributed by atoms with Crippen LogP contribution in [0.4, 0.5) is 11.4 Å². The maximum absolute atomic E-state index is 13.2. The number of nitrogens with zero attached hydrogens (tertiary/aromatic N) is 5. The van der Waals surface area contributed by atoms with Crippen molar-refractivity contribution in [3.8, 4) is 17.0 Å².